The summed E-state index contributed by atoms with van der Waals surface area (Å²) in [5.41, 5.74) is 0. The number of rotatable bonds is 8. The molecule has 0 aliphatic heterocycles. The molecule has 0 aromatic heterocycles. The van der Waals surface area contributed by atoms with Gasteiger partial charge in [0.05, 0.1) is 6.17 Å². The molecule has 1 aliphatic rings. The lowest BCUT2D eigenvalue weighted by molar-refractivity contribution is 0.295. The largest absolute Gasteiger partial charge is 0.302 e. The van der Waals surface area contributed by atoms with Crippen LogP contribution in [0.1, 0.15) is 71.6 Å². The number of hydrogen-bond donors (Lipinski definition) is 2. The van der Waals surface area contributed by atoms with Gasteiger partial charge in [0.25, 0.3) is 0 Å². The molecule has 0 radical (unpaired) electrons. The molecule has 0 heterocycles. The molecule has 2 heteroatoms. The summed E-state index contributed by atoms with van der Waals surface area (Å²) < 4.78 is 0. The third-order valence-electron chi connectivity index (χ3n) is 3.54. The monoisotopic (exact) mass is 226 g/mol. The summed E-state index contributed by atoms with van der Waals surface area (Å²) in [6.45, 7) is 5.70. The Labute approximate surface area is 102 Å². The normalized spacial score (nSPS) is 19.9. The van der Waals surface area contributed by atoms with Crippen molar-refractivity contribution in [3.63, 3.8) is 0 Å². The van der Waals surface area contributed by atoms with E-state index in [0.29, 0.717) is 6.17 Å². The third kappa shape index (κ3) is 5.86. The first-order valence-electron chi connectivity index (χ1n) is 7.36. The van der Waals surface area contributed by atoms with E-state index in [9.17, 15) is 0 Å². The minimum absolute atomic E-state index is 0.555. The van der Waals surface area contributed by atoms with Crippen LogP contribution in [0.5, 0.6) is 0 Å². The van der Waals surface area contributed by atoms with E-state index in [2.05, 4.69) is 24.5 Å². The van der Waals surface area contributed by atoms with Gasteiger partial charge in [0.1, 0.15) is 0 Å². The molecule has 0 bridgehead atoms. The van der Waals surface area contributed by atoms with Crippen LogP contribution in [0, 0.1) is 0 Å². The average Bonchev–Trinajstić information content (AvgIpc) is 2.31. The molecule has 1 saturated carbocycles. The van der Waals surface area contributed by atoms with Gasteiger partial charge in [-0.3, -0.25) is 5.32 Å². The number of unbranched alkanes of at least 4 members (excludes halogenated alkanes) is 1. The first-order chi connectivity index (χ1) is 7.86. The highest BCUT2D eigenvalue weighted by atomic mass is 15.1. The Bertz CT molecular complexity index is 153. The summed E-state index contributed by atoms with van der Waals surface area (Å²) in [6, 6.07) is 0.777. The smallest absolute Gasteiger partial charge is 0.0573 e. The Kier molecular flexibility index (Phi) is 7.87. The van der Waals surface area contributed by atoms with Crippen LogP contribution in [0.25, 0.3) is 0 Å². The molecule has 0 aromatic rings. The molecule has 1 aliphatic carbocycles. The highest BCUT2D eigenvalue weighted by Gasteiger charge is 2.16. The van der Waals surface area contributed by atoms with Crippen LogP contribution in [0.15, 0.2) is 0 Å². The van der Waals surface area contributed by atoms with Crippen molar-refractivity contribution in [2.24, 2.45) is 0 Å². The molecule has 2 nitrogen and oxygen atoms in total. The second kappa shape index (κ2) is 9.00. The standard InChI is InChI=1S/C14H30N2/c1-3-5-12-15-14(9-4-2)16-13-10-7-6-8-11-13/h13-16H,3-12H2,1-2H3. The maximum atomic E-state index is 3.80. The van der Waals surface area contributed by atoms with Gasteiger partial charge in [-0.2, -0.15) is 0 Å². The van der Waals surface area contributed by atoms with Crippen LogP contribution >= 0.6 is 0 Å². The van der Waals surface area contributed by atoms with Crippen molar-refractivity contribution in [1.29, 1.82) is 0 Å². The van der Waals surface area contributed by atoms with Crippen molar-refractivity contribution >= 4 is 0 Å². The van der Waals surface area contributed by atoms with Crippen LogP contribution < -0.4 is 10.6 Å². The molecule has 0 amide bonds. The van der Waals surface area contributed by atoms with E-state index in [1.807, 2.05) is 0 Å². The van der Waals surface area contributed by atoms with Crippen molar-refractivity contribution in [1.82, 2.24) is 10.6 Å². The van der Waals surface area contributed by atoms with Crippen LogP contribution in [0.2, 0.25) is 0 Å². The number of hydrogen-bond acceptors (Lipinski definition) is 2. The van der Waals surface area contributed by atoms with Crippen molar-refractivity contribution in [3.05, 3.63) is 0 Å². The second-order valence-corrected chi connectivity index (χ2v) is 5.15. The van der Waals surface area contributed by atoms with Gasteiger partial charge in [0.2, 0.25) is 0 Å². The number of nitrogens with one attached hydrogen (secondary N) is 2. The van der Waals surface area contributed by atoms with E-state index in [1.165, 1.54) is 64.3 Å². The minimum Gasteiger partial charge on any atom is -0.302 e. The third-order valence-corrected chi connectivity index (χ3v) is 3.54. The van der Waals surface area contributed by atoms with Gasteiger partial charge in [-0.05, 0) is 32.2 Å². The molecule has 1 atom stereocenters. The van der Waals surface area contributed by atoms with Crippen molar-refractivity contribution < 1.29 is 0 Å². The van der Waals surface area contributed by atoms with Crippen molar-refractivity contribution in [3.8, 4) is 0 Å². The zero-order valence-electron chi connectivity index (χ0n) is 11.2. The van der Waals surface area contributed by atoms with E-state index >= 15 is 0 Å². The molecule has 96 valence electrons. The molecule has 0 aromatic carbocycles. The van der Waals surface area contributed by atoms with Crippen molar-refractivity contribution in [2.75, 3.05) is 6.54 Å². The summed E-state index contributed by atoms with van der Waals surface area (Å²) in [5, 5.41) is 7.46. The molecule has 1 rings (SSSR count). The molecule has 1 fully saturated rings. The van der Waals surface area contributed by atoms with Gasteiger partial charge in [-0.15, -0.1) is 0 Å². The zero-order chi connectivity index (χ0) is 11.6. The average molecular weight is 226 g/mol. The van der Waals surface area contributed by atoms with Crippen LogP contribution in [0.4, 0.5) is 0 Å². The first-order valence-corrected chi connectivity index (χ1v) is 7.36. The Morgan fingerprint density at radius 2 is 1.81 bits per heavy atom. The lowest BCUT2D eigenvalue weighted by Crippen LogP contribution is -2.48. The fourth-order valence-corrected chi connectivity index (χ4v) is 2.54. The second-order valence-electron chi connectivity index (χ2n) is 5.15. The summed E-state index contributed by atoms with van der Waals surface area (Å²) in [6.07, 6.45) is 12.7. The molecule has 16 heavy (non-hydrogen) atoms. The quantitative estimate of drug-likeness (QED) is 0.489. The Balaban J connectivity index is 2.19. The molecule has 0 saturated heterocycles. The van der Waals surface area contributed by atoms with Gasteiger partial charge in [0, 0.05) is 6.04 Å². The predicted octanol–water partition coefficient (Wildman–Crippen LogP) is 3.42. The van der Waals surface area contributed by atoms with E-state index in [4.69, 9.17) is 0 Å². The van der Waals surface area contributed by atoms with Gasteiger partial charge >= 0.3 is 0 Å². The summed E-state index contributed by atoms with van der Waals surface area (Å²) in [4.78, 5) is 0. The van der Waals surface area contributed by atoms with Crippen molar-refractivity contribution in [2.45, 2.75) is 83.8 Å². The van der Waals surface area contributed by atoms with E-state index in [0.717, 1.165) is 6.04 Å². The maximum absolute atomic E-state index is 3.80. The lowest BCUT2D eigenvalue weighted by atomic mass is 9.95. The fourth-order valence-electron chi connectivity index (χ4n) is 2.54. The Morgan fingerprint density at radius 3 is 2.44 bits per heavy atom. The molecule has 1 unspecified atom stereocenters. The van der Waals surface area contributed by atoms with Gasteiger partial charge in [0.15, 0.2) is 0 Å². The summed E-state index contributed by atoms with van der Waals surface area (Å²) >= 11 is 0. The predicted molar refractivity (Wildman–Crippen MR) is 71.6 cm³/mol. The van der Waals surface area contributed by atoms with Crippen LogP contribution in [-0.2, 0) is 0 Å². The van der Waals surface area contributed by atoms with E-state index < -0.39 is 0 Å². The fraction of sp³-hybridized carbons (Fsp3) is 1.00. The summed E-state index contributed by atoms with van der Waals surface area (Å²) in [5.74, 6) is 0. The SMILES string of the molecule is CCCCNC(CCC)NC1CCCCC1. The first kappa shape index (κ1) is 14.0. The van der Waals surface area contributed by atoms with Crippen LogP contribution in [0.3, 0.4) is 0 Å². The van der Waals surface area contributed by atoms with Gasteiger partial charge in [-0.25, -0.2) is 0 Å². The maximum Gasteiger partial charge on any atom is 0.0573 e. The lowest BCUT2D eigenvalue weighted by Gasteiger charge is -2.29. The molecular weight excluding hydrogens is 196 g/mol. The van der Waals surface area contributed by atoms with Crippen LogP contribution in [-0.4, -0.2) is 18.8 Å². The summed E-state index contributed by atoms with van der Waals surface area (Å²) in [7, 11) is 0. The Morgan fingerprint density at radius 1 is 1.06 bits per heavy atom. The van der Waals surface area contributed by atoms with E-state index in [1.54, 1.807) is 0 Å². The molecule has 0 spiro atoms. The Hall–Kier alpha value is -0.0800. The van der Waals surface area contributed by atoms with E-state index in [-0.39, 0.29) is 0 Å². The highest BCUT2D eigenvalue weighted by Crippen LogP contribution is 2.18. The topological polar surface area (TPSA) is 24.1 Å². The molecular formula is C14H30N2. The van der Waals surface area contributed by atoms with Gasteiger partial charge in [-0.1, -0.05) is 46.0 Å². The minimum atomic E-state index is 0.555. The zero-order valence-corrected chi connectivity index (χ0v) is 11.2. The molecule has 2 N–H and O–H groups in total. The highest BCUT2D eigenvalue weighted by molar-refractivity contribution is 4.76. The van der Waals surface area contributed by atoms with Gasteiger partial charge < -0.3 is 5.32 Å².